The van der Waals surface area contributed by atoms with E-state index in [1.807, 2.05) is 7.05 Å². The second kappa shape index (κ2) is 4.89. The molecule has 1 aliphatic heterocycles. The van der Waals surface area contributed by atoms with E-state index in [9.17, 15) is 0 Å². The number of aryl methyl sites for hydroxylation is 1. The molecule has 98 valence electrons. The van der Waals surface area contributed by atoms with E-state index in [0.29, 0.717) is 0 Å². The molecular weight excluding hydrogens is 300 g/mol. The number of benzene rings is 2. The Morgan fingerprint density at radius 3 is 2.58 bits per heavy atom. The lowest BCUT2D eigenvalue weighted by atomic mass is 10.1. The van der Waals surface area contributed by atoms with E-state index in [-0.39, 0.29) is 0 Å². The summed E-state index contributed by atoms with van der Waals surface area (Å²) in [7, 11) is 1.96. The Hall–Kier alpha value is -1.48. The maximum Gasteiger partial charge on any atom is 0.0437 e. The van der Waals surface area contributed by atoms with E-state index >= 15 is 0 Å². The molecule has 2 aromatic rings. The van der Waals surface area contributed by atoms with Gasteiger partial charge in [0.25, 0.3) is 0 Å². The smallest absolute Gasteiger partial charge is 0.0437 e. The third-order valence-corrected chi connectivity index (χ3v) is 4.59. The van der Waals surface area contributed by atoms with Gasteiger partial charge in [0.2, 0.25) is 0 Å². The minimum Gasteiger partial charge on any atom is -0.388 e. The van der Waals surface area contributed by atoms with Crippen molar-refractivity contribution in [1.82, 2.24) is 0 Å². The van der Waals surface area contributed by atoms with Crippen molar-refractivity contribution in [1.29, 1.82) is 0 Å². The van der Waals surface area contributed by atoms with E-state index < -0.39 is 0 Å². The molecule has 0 radical (unpaired) electrons. The molecule has 1 aliphatic rings. The summed E-state index contributed by atoms with van der Waals surface area (Å²) in [5, 5.41) is 3.20. The van der Waals surface area contributed by atoms with Gasteiger partial charge in [-0.15, -0.1) is 0 Å². The fourth-order valence-electron chi connectivity index (χ4n) is 2.51. The predicted molar refractivity (Wildman–Crippen MR) is 84.8 cm³/mol. The van der Waals surface area contributed by atoms with Gasteiger partial charge < -0.3 is 10.2 Å². The van der Waals surface area contributed by atoms with Crippen molar-refractivity contribution in [2.24, 2.45) is 0 Å². The molecular formula is C16H17BrN2. The molecule has 0 saturated carbocycles. The summed E-state index contributed by atoms with van der Waals surface area (Å²) in [5.41, 5.74) is 6.59. The Labute approximate surface area is 122 Å². The third kappa shape index (κ3) is 2.35. The highest BCUT2D eigenvalue weighted by molar-refractivity contribution is 9.10. The number of nitrogens with zero attached hydrogens (tertiary/aromatic N) is 1. The average Bonchev–Trinajstić information content (AvgIpc) is 2.84. The highest BCUT2D eigenvalue weighted by Gasteiger charge is 2.19. The first-order valence-electron chi connectivity index (χ1n) is 6.48. The molecule has 0 bridgehead atoms. The molecule has 3 rings (SSSR count). The molecule has 0 unspecified atom stereocenters. The maximum atomic E-state index is 3.61. The zero-order valence-corrected chi connectivity index (χ0v) is 12.8. The molecule has 0 amide bonds. The third-order valence-electron chi connectivity index (χ3n) is 3.74. The summed E-state index contributed by atoms with van der Waals surface area (Å²) in [4.78, 5) is 2.41. The average molecular weight is 317 g/mol. The molecule has 2 nitrogen and oxygen atoms in total. The molecule has 0 saturated heterocycles. The summed E-state index contributed by atoms with van der Waals surface area (Å²) in [6.07, 6.45) is 0. The minimum absolute atomic E-state index is 0.986. The van der Waals surface area contributed by atoms with Crippen molar-refractivity contribution < 1.29 is 0 Å². The van der Waals surface area contributed by atoms with Crippen LogP contribution in [0.3, 0.4) is 0 Å². The minimum atomic E-state index is 0.986. The van der Waals surface area contributed by atoms with Gasteiger partial charge in [-0.05, 0) is 47.9 Å². The van der Waals surface area contributed by atoms with Crippen molar-refractivity contribution in [3.05, 3.63) is 57.6 Å². The van der Waals surface area contributed by atoms with Crippen LogP contribution in [-0.4, -0.2) is 7.05 Å². The fraction of sp³-hybridized carbons (Fsp3) is 0.250. The van der Waals surface area contributed by atoms with E-state index in [0.717, 1.165) is 13.1 Å². The number of hydrogen-bond acceptors (Lipinski definition) is 2. The molecule has 1 heterocycles. The quantitative estimate of drug-likeness (QED) is 0.887. The first-order valence-corrected chi connectivity index (χ1v) is 7.27. The van der Waals surface area contributed by atoms with Crippen LogP contribution in [0.5, 0.6) is 0 Å². The first-order chi connectivity index (χ1) is 9.17. The van der Waals surface area contributed by atoms with Crippen molar-refractivity contribution in [3.63, 3.8) is 0 Å². The van der Waals surface area contributed by atoms with E-state index in [2.05, 4.69) is 69.5 Å². The van der Waals surface area contributed by atoms with Gasteiger partial charge in [-0.1, -0.05) is 28.1 Å². The van der Waals surface area contributed by atoms with Gasteiger partial charge in [-0.3, -0.25) is 0 Å². The molecule has 1 N–H and O–H groups in total. The van der Waals surface area contributed by atoms with Gasteiger partial charge in [0.1, 0.15) is 0 Å². The summed E-state index contributed by atoms with van der Waals surface area (Å²) < 4.78 is 1.18. The zero-order valence-electron chi connectivity index (χ0n) is 11.2. The van der Waals surface area contributed by atoms with Gasteiger partial charge in [-0.2, -0.15) is 0 Å². The normalized spacial score (nSPS) is 13.5. The highest BCUT2D eigenvalue weighted by Crippen LogP contribution is 2.32. The number of fused-ring (bicyclic) bond motifs is 1. The molecule has 19 heavy (non-hydrogen) atoms. The molecule has 0 aliphatic carbocycles. The van der Waals surface area contributed by atoms with Gasteiger partial charge in [0, 0.05) is 36.0 Å². The Morgan fingerprint density at radius 1 is 1.05 bits per heavy atom. The van der Waals surface area contributed by atoms with Gasteiger partial charge in [0.05, 0.1) is 0 Å². The summed E-state index contributed by atoms with van der Waals surface area (Å²) in [6.45, 7) is 4.10. The van der Waals surface area contributed by atoms with E-state index in [1.165, 1.54) is 32.5 Å². The molecule has 0 spiro atoms. The lowest BCUT2D eigenvalue weighted by Crippen LogP contribution is -2.14. The van der Waals surface area contributed by atoms with Crippen LogP contribution in [-0.2, 0) is 13.1 Å². The van der Waals surface area contributed by atoms with Crippen molar-refractivity contribution in [2.75, 3.05) is 17.3 Å². The fourth-order valence-corrected chi connectivity index (χ4v) is 2.88. The number of nitrogens with one attached hydrogen (secondary N) is 1. The van der Waals surface area contributed by atoms with Crippen LogP contribution in [0.15, 0.2) is 40.9 Å². The maximum absolute atomic E-state index is 3.61. The van der Waals surface area contributed by atoms with Crippen LogP contribution in [0.25, 0.3) is 0 Å². The van der Waals surface area contributed by atoms with Crippen LogP contribution >= 0.6 is 15.9 Å². The van der Waals surface area contributed by atoms with Crippen LogP contribution in [0, 0.1) is 6.92 Å². The Morgan fingerprint density at radius 2 is 1.84 bits per heavy atom. The highest BCUT2D eigenvalue weighted by atomic mass is 79.9. The predicted octanol–water partition coefficient (Wildman–Crippen LogP) is 4.32. The number of anilines is 2. The number of halogens is 1. The standard InChI is InChI=1S/C16H17BrN2/c1-11-3-6-15(8-16(11)17)19-9-12-4-5-14(18-2)7-13(12)10-19/h3-8,18H,9-10H2,1-2H3. The monoisotopic (exact) mass is 316 g/mol. The molecule has 0 atom stereocenters. The van der Waals surface area contributed by atoms with E-state index in [4.69, 9.17) is 0 Å². The second-order valence-corrected chi connectivity index (χ2v) is 5.88. The number of rotatable bonds is 2. The summed E-state index contributed by atoms with van der Waals surface area (Å²) in [5.74, 6) is 0. The molecule has 0 fully saturated rings. The first kappa shape index (κ1) is 12.5. The van der Waals surface area contributed by atoms with Crippen LogP contribution in [0.2, 0.25) is 0 Å². The topological polar surface area (TPSA) is 15.3 Å². The van der Waals surface area contributed by atoms with Gasteiger partial charge >= 0.3 is 0 Å². The van der Waals surface area contributed by atoms with E-state index in [1.54, 1.807) is 0 Å². The molecule has 3 heteroatoms. The Kier molecular flexibility index (Phi) is 3.23. The van der Waals surface area contributed by atoms with Gasteiger partial charge in [-0.25, -0.2) is 0 Å². The SMILES string of the molecule is CNc1ccc2c(c1)CN(c1ccc(C)c(Br)c1)C2. The largest absolute Gasteiger partial charge is 0.388 e. The lowest BCUT2D eigenvalue weighted by Gasteiger charge is -2.18. The van der Waals surface area contributed by atoms with Crippen LogP contribution in [0.1, 0.15) is 16.7 Å². The summed E-state index contributed by atoms with van der Waals surface area (Å²) >= 11 is 3.61. The molecule has 2 aromatic carbocycles. The van der Waals surface area contributed by atoms with Crippen LogP contribution < -0.4 is 10.2 Å². The Balaban J connectivity index is 1.88. The Bertz CT molecular complexity index is 622. The summed E-state index contributed by atoms with van der Waals surface area (Å²) in [6, 6.07) is 13.2. The van der Waals surface area contributed by atoms with Crippen molar-refractivity contribution in [2.45, 2.75) is 20.0 Å². The molecule has 0 aromatic heterocycles. The lowest BCUT2D eigenvalue weighted by molar-refractivity contribution is 0.879. The zero-order chi connectivity index (χ0) is 13.4. The number of hydrogen-bond donors (Lipinski definition) is 1. The van der Waals surface area contributed by atoms with Crippen molar-refractivity contribution >= 4 is 27.3 Å². The second-order valence-electron chi connectivity index (χ2n) is 5.02. The van der Waals surface area contributed by atoms with Crippen molar-refractivity contribution in [3.8, 4) is 0 Å². The van der Waals surface area contributed by atoms with Gasteiger partial charge in [0.15, 0.2) is 0 Å². The van der Waals surface area contributed by atoms with Crippen LogP contribution in [0.4, 0.5) is 11.4 Å².